The van der Waals surface area contributed by atoms with Gasteiger partial charge in [0.05, 0.1) is 12.2 Å². The summed E-state index contributed by atoms with van der Waals surface area (Å²) < 4.78 is 5.33. The molecule has 1 aromatic carbocycles. The molecule has 2 N–H and O–H groups in total. The van der Waals surface area contributed by atoms with Crippen LogP contribution >= 0.6 is 0 Å². The fraction of sp³-hybridized carbons (Fsp3) is 0.500. The molecule has 1 aromatic rings. The van der Waals surface area contributed by atoms with E-state index in [1.807, 2.05) is 19.1 Å². The van der Waals surface area contributed by atoms with Gasteiger partial charge in [0, 0.05) is 5.69 Å². The summed E-state index contributed by atoms with van der Waals surface area (Å²) in [4.78, 5) is 11.8. The highest BCUT2D eigenvalue weighted by atomic mass is 16.5. The lowest BCUT2D eigenvalue weighted by Gasteiger charge is -2.10. The molecule has 0 bridgehead atoms. The molecule has 0 amide bonds. The van der Waals surface area contributed by atoms with E-state index in [9.17, 15) is 4.79 Å². The van der Waals surface area contributed by atoms with Crippen LogP contribution in [0.15, 0.2) is 18.2 Å². The number of hydrogen-bond donors (Lipinski definition) is 1. The van der Waals surface area contributed by atoms with Gasteiger partial charge in [-0.25, -0.2) is 4.79 Å². The van der Waals surface area contributed by atoms with Crippen LogP contribution in [0.5, 0.6) is 0 Å². The normalized spacial score (nSPS) is 16.1. The van der Waals surface area contributed by atoms with Crippen molar-refractivity contribution in [3.05, 3.63) is 29.3 Å². The highest BCUT2D eigenvalue weighted by Gasteiger charge is 2.17. The van der Waals surface area contributed by atoms with Gasteiger partial charge in [-0.2, -0.15) is 0 Å². The van der Waals surface area contributed by atoms with Crippen molar-refractivity contribution in [1.29, 1.82) is 0 Å². The standard InChI is InChI=1S/C14H19NO2/c1-10-6-12(8-13(15)7-10)14(16)17-9-11-4-2-3-5-11/h6-8,11H,2-5,9,15H2,1H3. The lowest BCUT2D eigenvalue weighted by molar-refractivity contribution is 0.0442. The van der Waals surface area contributed by atoms with Gasteiger partial charge < -0.3 is 10.5 Å². The summed E-state index contributed by atoms with van der Waals surface area (Å²) in [6, 6.07) is 5.32. The summed E-state index contributed by atoms with van der Waals surface area (Å²) in [5, 5.41) is 0. The maximum absolute atomic E-state index is 11.8. The number of carbonyl (C=O) groups excluding carboxylic acids is 1. The zero-order chi connectivity index (χ0) is 12.3. The fourth-order valence-electron chi connectivity index (χ4n) is 2.38. The van der Waals surface area contributed by atoms with Crippen LogP contribution in [0.1, 0.15) is 41.6 Å². The van der Waals surface area contributed by atoms with E-state index in [1.165, 1.54) is 25.7 Å². The fourth-order valence-corrected chi connectivity index (χ4v) is 2.38. The predicted molar refractivity (Wildman–Crippen MR) is 67.8 cm³/mol. The summed E-state index contributed by atoms with van der Waals surface area (Å²) in [6.45, 7) is 2.47. The Balaban J connectivity index is 1.94. The molecule has 0 heterocycles. The molecule has 0 radical (unpaired) electrons. The number of nitrogen functional groups attached to an aromatic ring is 1. The van der Waals surface area contributed by atoms with Gasteiger partial charge >= 0.3 is 5.97 Å². The first-order chi connectivity index (χ1) is 8.15. The van der Waals surface area contributed by atoms with Crippen LogP contribution in [0, 0.1) is 12.8 Å². The van der Waals surface area contributed by atoms with Crippen molar-refractivity contribution in [3.8, 4) is 0 Å². The topological polar surface area (TPSA) is 52.3 Å². The van der Waals surface area contributed by atoms with Gasteiger partial charge in [-0.1, -0.05) is 12.8 Å². The maximum Gasteiger partial charge on any atom is 0.338 e. The van der Waals surface area contributed by atoms with Crippen molar-refractivity contribution < 1.29 is 9.53 Å². The molecule has 92 valence electrons. The van der Waals surface area contributed by atoms with E-state index in [-0.39, 0.29) is 5.97 Å². The minimum Gasteiger partial charge on any atom is -0.462 e. The summed E-state index contributed by atoms with van der Waals surface area (Å²) in [7, 11) is 0. The van der Waals surface area contributed by atoms with Crippen molar-refractivity contribution >= 4 is 11.7 Å². The predicted octanol–water partition coefficient (Wildman–Crippen LogP) is 2.92. The average Bonchev–Trinajstić information content (AvgIpc) is 2.77. The van der Waals surface area contributed by atoms with Gasteiger partial charge in [-0.3, -0.25) is 0 Å². The van der Waals surface area contributed by atoms with Crippen LogP contribution in [0.4, 0.5) is 5.69 Å². The van der Waals surface area contributed by atoms with E-state index in [0.717, 1.165) is 5.56 Å². The number of esters is 1. The quantitative estimate of drug-likeness (QED) is 0.645. The Morgan fingerprint density at radius 3 is 2.71 bits per heavy atom. The van der Waals surface area contributed by atoms with Crippen LogP contribution in [0.3, 0.4) is 0 Å². The molecule has 0 atom stereocenters. The Kier molecular flexibility index (Phi) is 3.67. The highest BCUT2D eigenvalue weighted by molar-refractivity contribution is 5.90. The second-order valence-electron chi connectivity index (χ2n) is 4.88. The Morgan fingerprint density at radius 1 is 1.35 bits per heavy atom. The molecule has 3 nitrogen and oxygen atoms in total. The van der Waals surface area contributed by atoms with Gasteiger partial charge in [0.15, 0.2) is 0 Å². The van der Waals surface area contributed by atoms with Crippen LogP contribution < -0.4 is 5.73 Å². The van der Waals surface area contributed by atoms with Gasteiger partial charge in [0.2, 0.25) is 0 Å². The first-order valence-electron chi connectivity index (χ1n) is 6.19. The molecule has 1 aliphatic rings. The third-order valence-electron chi connectivity index (χ3n) is 3.26. The molecule has 1 fully saturated rings. The van der Waals surface area contributed by atoms with E-state index in [2.05, 4.69) is 0 Å². The zero-order valence-electron chi connectivity index (χ0n) is 10.2. The second kappa shape index (κ2) is 5.21. The monoisotopic (exact) mass is 233 g/mol. The van der Waals surface area contributed by atoms with Crippen LogP contribution in [-0.4, -0.2) is 12.6 Å². The minimum absolute atomic E-state index is 0.257. The Labute approximate surface area is 102 Å². The smallest absolute Gasteiger partial charge is 0.338 e. The molecule has 0 aromatic heterocycles. The van der Waals surface area contributed by atoms with Crippen LogP contribution in [0.25, 0.3) is 0 Å². The van der Waals surface area contributed by atoms with Crippen molar-refractivity contribution in [2.75, 3.05) is 12.3 Å². The Bertz CT molecular complexity index is 388. The second-order valence-corrected chi connectivity index (χ2v) is 4.88. The zero-order valence-corrected chi connectivity index (χ0v) is 10.2. The maximum atomic E-state index is 11.8. The summed E-state index contributed by atoms with van der Waals surface area (Å²) in [5.74, 6) is 0.299. The number of nitrogens with two attached hydrogens (primary N) is 1. The summed E-state index contributed by atoms with van der Waals surface area (Å²) >= 11 is 0. The third kappa shape index (κ3) is 3.22. The number of aryl methyl sites for hydroxylation is 1. The van der Waals surface area contributed by atoms with Crippen molar-refractivity contribution in [1.82, 2.24) is 0 Å². The molecule has 0 spiro atoms. The van der Waals surface area contributed by atoms with Crippen molar-refractivity contribution in [2.24, 2.45) is 5.92 Å². The molecule has 0 aliphatic heterocycles. The summed E-state index contributed by atoms with van der Waals surface area (Å²) in [6.07, 6.45) is 4.89. The molecular weight excluding hydrogens is 214 g/mol. The Hall–Kier alpha value is -1.51. The summed E-state index contributed by atoms with van der Waals surface area (Å²) in [5.41, 5.74) is 7.86. The van der Waals surface area contributed by atoms with E-state index in [1.54, 1.807) is 6.07 Å². The van der Waals surface area contributed by atoms with E-state index in [0.29, 0.717) is 23.8 Å². The van der Waals surface area contributed by atoms with Gasteiger partial charge in [0.1, 0.15) is 0 Å². The highest BCUT2D eigenvalue weighted by Crippen LogP contribution is 2.25. The first-order valence-corrected chi connectivity index (χ1v) is 6.19. The molecule has 1 saturated carbocycles. The Morgan fingerprint density at radius 2 is 2.06 bits per heavy atom. The number of rotatable bonds is 3. The lowest BCUT2D eigenvalue weighted by Crippen LogP contribution is -2.12. The largest absolute Gasteiger partial charge is 0.462 e. The molecule has 1 aliphatic carbocycles. The molecule has 0 unspecified atom stereocenters. The number of carbonyl (C=O) groups is 1. The molecular formula is C14H19NO2. The van der Waals surface area contributed by atoms with Gasteiger partial charge in [-0.05, 0) is 49.4 Å². The van der Waals surface area contributed by atoms with Crippen LogP contribution in [0.2, 0.25) is 0 Å². The molecule has 17 heavy (non-hydrogen) atoms. The lowest BCUT2D eigenvalue weighted by atomic mass is 10.1. The van der Waals surface area contributed by atoms with Crippen LogP contribution in [-0.2, 0) is 4.74 Å². The van der Waals surface area contributed by atoms with E-state index < -0.39 is 0 Å². The number of anilines is 1. The van der Waals surface area contributed by atoms with Gasteiger partial charge in [0.25, 0.3) is 0 Å². The third-order valence-corrected chi connectivity index (χ3v) is 3.26. The van der Waals surface area contributed by atoms with Crippen molar-refractivity contribution in [3.63, 3.8) is 0 Å². The molecule has 2 rings (SSSR count). The molecule has 0 saturated heterocycles. The SMILES string of the molecule is Cc1cc(N)cc(C(=O)OCC2CCCC2)c1. The van der Waals surface area contributed by atoms with Gasteiger partial charge in [-0.15, -0.1) is 0 Å². The number of ether oxygens (including phenoxy) is 1. The number of benzene rings is 1. The number of hydrogen-bond acceptors (Lipinski definition) is 3. The van der Waals surface area contributed by atoms with E-state index >= 15 is 0 Å². The first kappa shape index (κ1) is 12.0. The van der Waals surface area contributed by atoms with Crippen molar-refractivity contribution in [2.45, 2.75) is 32.6 Å². The molecule has 3 heteroatoms. The minimum atomic E-state index is -0.257. The average molecular weight is 233 g/mol. The van der Waals surface area contributed by atoms with E-state index in [4.69, 9.17) is 10.5 Å².